The number of hydrogen-bond donors (Lipinski definition) is 0. The van der Waals surface area contributed by atoms with Crippen molar-refractivity contribution in [1.29, 1.82) is 0 Å². The van der Waals surface area contributed by atoms with Gasteiger partial charge in [-0.25, -0.2) is 0 Å². The Morgan fingerprint density at radius 3 is 1.14 bits per heavy atom. The van der Waals surface area contributed by atoms with Crippen LogP contribution in [0.1, 0.15) is 0 Å². The summed E-state index contributed by atoms with van der Waals surface area (Å²) < 4.78 is 9.17. The molecule has 1 atom stereocenters. The Balaban J connectivity index is 0.000000360. The average molecular weight is 118 g/mol. The van der Waals surface area contributed by atoms with Crippen molar-refractivity contribution in [1.82, 2.24) is 0 Å². The lowest BCUT2D eigenvalue weighted by molar-refractivity contribution is 0.290. The van der Waals surface area contributed by atoms with E-state index < -0.39 is 0 Å². The van der Waals surface area contributed by atoms with Crippen molar-refractivity contribution in [3.8, 4) is 0 Å². The molecule has 0 spiro atoms. The molecule has 0 aliphatic carbocycles. The zero-order valence-corrected chi connectivity index (χ0v) is 5.25. The number of ether oxygens (including phenoxy) is 2. The summed E-state index contributed by atoms with van der Waals surface area (Å²) in [5.74, 6) is 0. The molecule has 7 heavy (non-hydrogen) atoms. The van der Waals surface area contributed by atoms with Gasteiger partial charge in [0.05, 0.1) is 0 Å². The lowest BCUT2D eigenvalue weighted by Crippen LogP contribution is -1.74. The molecule has 0 N–H and O–H groups in total. The summed E-state index contributed by atoms with van der Waals surface area (Å²) in [4.78, 5) is 0. The fraction of sp³-hybridized carbons (Fsp3) is 0. The summed E-state index contributed by atoms with van der Waals surface area (Å²) in [6, 6.07) is 0. The van der Waals surface area contributed by atoms with E-state index in [9.17, 15) is 0 Å². The van der Waals surface area contributed by atoms with Crippen molar-refractivity contribution in [2.24, 2.45) is 0 Å². The van der Waals surface area contributed by atoms with Gasteiger partial charge in [0.25, 0.3) is 0 Å². The summed E-state index contributed by atoms with van der Waals surface area (Å²) >= 11 is 0. The van der Waals surface area contributed by atoms with Crippen molar-refractivity contribution < 1.29 is 9.47 Å². The van der Waals surface area contributed by atoms with E-state index in [1.54, 1.807) is 0 Å². The molecule has 1 aliphatic heterocycles. The van der Waals surface area contributed by atoms with Gasteiger partial charge in [0.2, 0.25) is 0 Å². The molecule has 0 saturated heterocycles. The van der Waals surface area contributed by atoms with Crippen LogP contribution < -0.4 is 0 Å². The van der Waals surface area contributed by atoms with Crippen LogP contribution in [0, 0.1) is 0 Å². The molecular weight excluding hydrogens is 111 g/mol. The summed E-state index contributed by atoms with van der Waals surface area (Å²) in [5, 5.41) is 0. The topological polar surface area (TPSA) is 18.5 Å². The van der Waals surface area contributed by atoms with Crippen LogP contribution in [-0.4, -0.2) is 0 Å². The van der Waals surface area contributed by atoms with E-state index in [0.717, 1.165) is 0 Å². The normalized spacial score (nSPS) is 13.7. The summed E-state index contributed by atoms with van der Waals surface area (Å²) in [6.45, 7) is 0. The quantitative estimate of drug-likeness (QED) is 0.442. The fourth-order valence-corrected chi connectivity index (χ4v) is 0.219. The van der Waals surface area contributed by atoms with Crippen LogP contribution in [0.5, 0.6) is 0 Å². The molecule has 2 nitrogen and oxygen atoms in total. The minimum atomic E-state index is 0. The molecule has 40 valence electrons. The van der Waals surface area contributed by atoms with Gasteiger partial charge in [0.1, 0.15) is 25.0 Å². The van der Waals surface area contributed by atoms with E-state index in [4.69, 9.17) is 0 Å². The SMILES string of the molecule is C1=COC=CO1.P. The van der Waals surface area contributed by atoms with Crippen LogP contribution in [0.3, 0.4) is 0 Å². The third-order valence-corrected chi connectivity index (χ3v) is 0.425. The lowest BCUT2D eigenvalue weighted by atomic mass is 10.9. The predicted octanol–water partition coefficient (Wildman–Crippen LogP) is 1.03. The summed E-state index contributed by atoms with van der Waals surface area (Å²) in [6.07, 6.45) is 5.83. The number of hydrogen-bond acceptors (Lipinski definition) is 2. The maximum absolute atomic E-state index is 4.58. The van der Waals surface area contributed by atoms with Crippen LogP contribution >= 0.6 is 9.90 Å². The first-order valence-electron chi connectivity index (χ1n) is 1.61. The Morgan fingerprint density at radius 2 is 1.00 bits per heavy atom. The molecule has 0 aromatic rings. The van der Waals surface area contributed by atoms with E-state index in [-0.39, 0.29) is 9.90 Å². The molecule has 0 saturated carbocycles. The standard InChI is InChI=1S/C4H4O2.H3P/c1-2-6-4-3-5-1;/h1-4H;1H3. The molecule has 0 aromatic heterocycles. The zero-order valence-electron chi connectivity index (χ0n) is 3.83. The third-order valence-electron chi connectivity index (χ3n) is 0.425. The summed E-state index contributed by atoms with van der Waals surface area (Å²) in [5.41, 5.74) is 0. The third kappa shape index (κ3) is 2.24. The van der Waals surface area contributed by atoms with Crippen molar-refractivity contribution in [2.45, 2.75) is 0 Å². The molecule has 0 aromatic carbocycles. The highest BCUT2D eigenvalue weighted by Gasteiger charge is 1.74. The van der Waals surface area contributed by atoms with Gasteiger partial charge in [0.15, 0.2) is 0 Å². The van der Waals surface area contributed by atoms with Gasteiger partial charge in [0, 0.05) is 0 Å². The highest BCUT2D eigenvalue weighted by atomic mass is 31.0. The van der Waals surface area contributed by atoms with Crippen LogP contribution in [0.4, 0.5) is 0 Å². The molecule has 1 rings (SSSR count). The van der Waals surface area contributed by atoms with E-state index in [1.807, 2.05) is 0 Å². The zero-order chi connectivity index (χ0) is 4.24. The van der Waals surface area contributed by atoms with E-state index in [2.05, 4.69) is 9.47 Å². The molecular formula is C4H7O2P. The monoisotopic (exact) mass is 118 g/mol. The Morgan fingerprint density at radius 1 is 0.714 bits per heavy atom. The maximum Gasteiger partial charge on any atom is 0.125 e. The largest absolute Gasteiger partial charge is 0.466 e. The molecule has 0 amide bonds. The lowest BCUT2D eigenvalue weighted by Gasteiger charge is -1.94. The first-order chi connectivity index (χ1) is 3.00. The first kappa shape index (κ1) is 6.51. The predicted molar refractivity (Wildman–Crippen MR) is 31.6 cm³/mol. The first-order valence-corrected chi connectivity index (χ1v) is 1.61. The Kier molecular flexibility index (Phi) is 3.43. The summed E-state index contributed by atoms with van der Waals surface area (Å²) in [7, 11) is 0. The molecule has 1 aliphatic rings. The highest BCUT2D eigenvalue weighted by Crippen LogP contribution is 1.89. The molecule has 0 radical (unpaired) electrons. The molecule has 1 heterocycles. The van der Waals surface area contributed by atoms with Gasteiger partial charge >= 0.3 is 0 Å². The van der Waals surface area contributed by atoms with E-state index in [1.165, 1.54) is 25.0 Å². The van der Waals surface area contributed by atoms with E-state index >= 15 is 0 Å². The second-order valence-electron chi connectivity index (χ2n) is 0.816. The molecule has 0 fully saturated rings. The average Bonchev–Trinajstić information content (AvgIpc) is 1.72. The second kappa shape index (κ2) is 3.69. The van der Waals surface area contributed by atoms with Crippen LogP contribution in [-0.2, 0) is 9.47 Å². The van der Waals surface area contributed by atoms with Gasteiger partial charge in [-0.1, -0.05) is 0 Å². The van der Waals surface area contributed by atoms with Gasteiger partial charge < -0.3 is 9.47 Å². The van der Waals surface area contributed by atoms with Crippen molar-refractivity contribution in [2.75, 3.05) is 0 Å². The Hall–Kier alpha value is -0.490. The van der Waals surface area contributed by atoms with Crippen molar-refractivity contribution >= 4 is 9.90 Å². The van der Waals surface area contributed by atoms with Gasteiger partial charge in [-0.3, -0.25) is 0 Å². The minimum Gasteiger partial charge on any atom is -0.466 e. The molecule has 3 heteroatoms. The molecule has 0 bridgehead atoms. The van der Waals surface area contributed by atoms with Crippen LogP contribution in [0.15, 0.2) is 25.0 Å². The minimum absolute atomic E-state index is 0. The number of rotatable bonds is 0. The van der Waals surface area contributed by atoms with Gasteiger partial charge in [-0.05, 0) is 0 Å². The van der Waals surface area contributed by atoms with Crippen molar-refractivity contribution in [3.63, 3.8) is 0 Å². The van der Waals surface area contributed by atoms with Crippen LogP contribution in [0.2, 0.25) is 0 Å². The van der Waals surface area contributed by atoms with Gasteiger partial charge in [-0.2, -0.15) is 9.90 Å². The highest BCUT2D eigenvalue weighted by molar-refractivity contribution is 6.92. The Labute approximate surface area is 45.4 Å². The van der Waals surface area contributed by atoms with Crippen LogP contribution in [0.25, 0.3) is 0 Å². The van der Waals surface area contributed by atoms with Gasteiger partial charge in [-0.15, -0.1) is 0 Å². The fourth-order valence-electron chi connectivity index (χ4n) is 0.219. The smallest absolute Gasteiger partial charge is 0.125 e. The maximum atomic E-state index is 4.58. The molecule has 1 unspecified atom stereocenters. The Bertz CT molecular complexity index is 67.7. The second-order valence-corrected chi connectivity index (χ2v) is 0.816. The van der Waals surface area contributed by atoms with E-state index in [0.29, 0.717) is 0 Å². The van der Waals surface area contributed by atoms with Crippen molar-refractivity contribution in [3.05, 3.63) is 25.0 Å².